The van der Waals surface area contributed by atoms with Crippen LogP contribution >= 0.6 is 11.6 Å². The Morgan fingerprint density at radius 1 is 1.44 bits per heavy atom. The van der Waals surface area contributed by atoms with Gasteiger partial charge in [0.05, 0.1) is 24.6 Å². The first-order valence-electron chi connectivity index (χ1n) is 8.69. The number of amides is 2. The van der Waals surface area contributed by atoms with Crippen LogP contribution in [0, 0.1) is 11.7 Å². The van der Waals surface area contributed by atoms with Crippen molar-refractivity contribution >= 4 is 35.1 Å². The minimum absolute atomic E-state index is 0.0597. The second-order valence-corrected chi connectivity index (χ2v) is 7.06. The summed E-state index contributed by atoms with van der Waals surface area (Å²) < 4.78 is 18.3. The SMILES string of the molecule is CC(C)COC(=O)CC1C(=O)NCCN1C(=O)CNc1ccc(F)c(Cl)c1. The van der Waals surface area contributed by atoms with Gasteiger partial charge in [-0.25, -0.2) is 4.39 Å². The van der Waals surface area contributed by atoms with E-state index in [-0.39, 0.29) is 42.3 Å². The largest absolute Gasteiger partial charge is 0.465 e. The van der Waals surface area contributed by atoms with E-state index in [1.165, 1.54) is 23.1 Å². The molecule has 1 heterocycles. The van der Waals surface area contributed by atoms with Gasteiger partial charge in [-0.1, -0.05) is 25.4 Å². The number of anilines is 1. The Kier molecular flexibility index (Phi) is 7.41. The Balaban J connectivity index is 1.97. The number of hydrogen-bond acceptors (Lipinski definition) is 5. The van der Waals surface area contributed by atoms with Crippen molar-refractivity contribution in [3.63, 3.8) is 0 Å². The number of carbonyl (C=O) groups is 3. The van der Waals surface area contributed by atoms with Crippen molar-refractivity contribution in [3.8, 4) is 0 Å². The van der Waals surface area contributed by atoms with Crippen LogP contribution in [-0.2, 0) is 19.1 Å². The normalized spacial score (nSPS) is 16.9. The van der Waals surface area contributed by atoms with Crippen LogP contribution in [0.2, 0.25) is 5.02 Å². The highest BCUT2D eigenvalue weighted by Gasteiger charge is 2.35. The van der Waals surface area contributed by atoms with Gasteiger partial charge in [0.25, 0.3) is 0 Å². The van der Waals surface area contributed by atoms with E-state index in [0.29, 0.717) is 18.8 Å². The Morgan fingerprint density at radius 2 is 2.19 bits per heavy atom. The number of nitrogens with zero attached hydrogens (tertiary/aromatic N) is 1. The predicted molar refractivity (Wildman–Crippen MR) is 98.8 cm³/mol. The average Bonchev–Trinajstić information content (AvgIpc) is 2.62. The van der Waals surface area contributed by atoms with Gasteiger partial charge in [-0.15, -0.1) is 0 Å². The first-order chi connectivity index (χ1) is 12.8. The molecule has 27 heavy (non-hydrogen) atoms. The van der Waals surface area contributed by atoms with Crippen LogP contribution in [0.15, 0.2) is 18.2 Å². The quantitative estimate of drug-likeness (QED) is 0.683. The van der Waals surface area contributed by atoms with Crippen molar-refractivity contribution in [2.24, 2.45) is 5.92 Å². The molecule has 2 amide bonds. The number of esters is 1. The Morgan fingerprint density at radius 3 is 2.85 bits per heavy atom. The van der Waals surface area contributed by atoms with E-state index in [4.69, 9.17) is 16.3 Å². The summed E-state index contributed by atoms with van der Waals surface area (Å²) in [6, 6.07) is 3.10. The molecule has 2 N–H and O–H groups in total. The highest BCUT2D eigenvalue weighted by Crippen LogP contribution is 2.19. The molecule has 0 aromatic heterocycles. The first-order valence-corrected chi connectivity index (χ1v) is 9.07. The number of carbonyl (C=O) groups excluding carboxylic acids is 3. The monoisotopic (exact) mass is 399 g/mol. The smallest absolute Gasteiger partial charge is 0.308 e. The number of piperazine rings is 1. The summed E-state index contributed by atoms with van der Waals surface area (Å²) in [4.78, 5) is 38.0. The van der Waals surface area contributed by atoms with Crippen molar-refractivity contribution < 1.29 is 23.5 Å². The van der Waals surface area contributed by atoms with Crippen LogP contribution in [0.1, 0.15) is 20.3 Å². The third-order valence-electron chi connectivity index (χ3n) is 3.95. The van der Waals surface area contributed by atoms with Crippen molar-refractivity contribution in [1.29, 1.82) is 0 Å². The van der Waals surface area contributed by atoms with Crippen molar-refractivity contribution in [2.45, 2.75) is 26.3 Å². The first kappa shape index (κ1) is 21.0. The maximum atomic E-state index is 13.2. The number of rotatable bonds is 7. The fourth-order valence-electron chi connectivity index (χ4n) is 2.58. The molecular formula is C18H23ClFN3O4. The van der Waals surface area contributed by atoms with Gasteiger partial charge in [0.2, 0.25) is 11.8 Å². The van der Waals surface area contributed by atoms with E-state index >= 15 is 0 Å². The molecule has 9 heteroatoms. The Hall–Kier alpha value is -2.35. The van der Waals surface area contributed by atoms with Gasteiger partial charge in [-0.3, -0.25) is 14.4 Å². The standard InChI is InChI=1S/C18H23ClFN3O4/c1-11(2)10-27-17(25)8-15-18(26)21-5-6-23(15)16(24)9-22-12-3-4-14(20)13(19)7-12/h3-4,7,11,15,22H,5-6,8-10H2,1-2H3,(H,21,26). The molecule has 1 aromatic carbocycles. The molecule has 1 unspecified atom stereocenters. The van der Waals surface area contributed by atoms with Crippen LogP contribution in [0.3, 0.4) is 0 Å². The van der Waals surface area contributed by atoms with Crippen molar-refractivity contribution in [3.05, 3.63) is 29.0 Å². The van der Waals surface area contributed by atoms with Crippen LogP contribution in [-0.4, -0.2) is 55.0 Å². The van der Waals surface area contributed by atoms with E-state index in [0.717, 1.165) is 0 Å². The third kappa shape index (κ3) is 6.09. The van der Waals surface area contributed by atoms with Gasteiger partial charge in [-0.05, 0) is 24.1 Å². The molecule has 1 fully saturated rings. The van der Waals surface area contributed by atoms with Crippen LogP contribution < -0.4 is 10.6 Å². The fourth-order valence-corrected chi connectivity index (χ4v) is 2.76. The summed E-state index contributed by atoms with van der Waals surface area (Å²) in [5.74, 6) is -1.64. The lowest BCUT2D eigenvalue weighted by Crippen LogP contribution is -2.58. The summed E-state index contributed by atoms with van der Waals surface area (Å²) in [6.07, 6.45) is -0.202. The summed E-state index contributed by atoms with van der Waals surface area (Å²) in [5, 5.41) is 5.44. The highest BCUT2D eigenvalue weighted by molar-refractivity contribution is 6.31. The highest BCUT2D eigenvalue weighted by atomic mass is 35.5. The van der Waals surface area contributed by atoms with Crippen molar-refractivity contribution in [1.82, 2.24) is 10.2 Å². The van der Waals surface area contributed by atoms with Crippen molar-refractivity contribution in [2.75, 3.05) is 31.6 Å². The zero-order valence-corrected chi connectivity index (χ0v) is 16.0. The van der Waals surface area contributed by atoms with Gasteiger partial charge >= 0.3 is 5.97 Å². The van der Waals surface area contributed by atoms with E-state index in [1.54, 1.807) is 0 Å². The molecule has 7 nitrogen and oxygen atoms in total. The number of nitrogens with one attached hydrogen (secondary N) is 2. The Bertz CT molecular complexity index is 714. The number of benzene rings is 1. The summed E-state index contributed by atoms with van der Waals surface area (Å²) in [7, 11) is 0. The molecule has 0 aliphatic carbocycles. The predicted octanol–water partition coefficient (Wildman–Crippen LogP) is 1.81. The van der Waals surface area contributed by atoms with E-state index in [2.05, 4.69) is 10.6 Å². The van der Waals surface area contributed by atoms with Gasteiger partial charge in [0, 0.05) is 18.8 Å². The minimum Gasteiger partial charge on any atom is -0.465 e. The topological polar surface area (TPSA) is 87.7 Å². The lowest BCUT2D eigenvalue weighted by atomic mass is 10.1. The average molecular weight is 400 g/mol. The maximum absolute atomic E-state index is 13.2. The van der Waals surface area contributed by atoms with E-state index < -0.39 is 17.8 Å². The summed E-state index contributed by atoms with van der Waals surface area (Å²) >= 11 is 5.71. The lowest BCUT2D eigenvalue weighted by Gasteiger charge is -2.34. The van der Waals surface area contributed by atoms with Gasteiger partial charge in [0.1, 0.15) is 11.9 Å². The second kappa shape index (κ2) is 9.55. The lowest BCUT2D eigenvalue weighted by molar-refractivity contribution is -0.152. The summed E-state index contributed by atoms with van der Waals surface area (Å²) in [5.41, 5.74) is 0.476. The number of ether oxygens (including phenoxy) is 1. The molecule has 1 atom stereocenters. The maximum Gasteiger partial charge on any atom is 0.308 e. The number of halogens is 2. The fraction of sp³-hybridized carbons (Fsp3) is 0.500. The summed E-state index contributed by atoms with van der Waals surface area (Å²) in [6.45, 7) is 4.55. The molecule has 1 aromatic rings. The van der Waals surface area contributed by atoms with Crippen LogP contribution in [0.5, 0.6) is 0 Å². The van der Waals surface area contributed by atoms with Crippen LogP contribution in [0.25, 0.3) is 0 Å². The molecule has 0 radical (unpaired) electrons. The molecule has 1 aliphatic rings. The zero-order valence-electron chi connectivity index (χ0n) is 15.3. The molecule has 0 saturated carbocycles. The molecule has 1 saturated heterocycles. The Labute approximate surface area is 162 Å². The molecular weight excluding hydrogens is 377 g/mol. The number of hydrogen-bond donors (Lipinski definition) is 2. The molecule has 0 bridgehead atoms. The third-order valence-corrected chi connectivity index (χ3v) is 4.24. The van der Waals surface area contributed by atoms with Gasteiger partial charge < -0.3 is 20.3 Å². The molecule has 1 aliphatic heterocycles. The molecule has 148 valence electrons. The van der Waals surface area contributed by atoms with E-state index in [9.17, 15) is 18.8 Å². The molecule has 0 spiro atoms. The molecule has 2 rings (SSSR count). The minimum atomic E-state index is -0.912. The second-order valence-electron chi connectivity index (χ2n) is 6.66. The van der Waals surface area contributed by atoms with E-state index in [1.807, 2.05) is 13.8 Å². The van der Waals surface area contributed by atoms with Gasteiger partial charge in [0.15, 0.2) is 0 Å². The van der Waals surface area contributed by atoms with Crippen LogP contribution in [0.4, 0.5) is 10.1 Å². The zero-order chi connectivity index (χ0) is 20.0. The van der Waals surface area contributed by atoms with Gasteiger partial charge in [-0.2, -0.15) is 0 Å².